The maximum Gasteiger partial charge on any atom is 0.350 e. The van der Waals surface area contributed by atoms with Gasteiger partial charge in [0.05, 0.1) is 12.7 Å². The molecule has 4 rings (SSSR count). The normalized spacial score (nSPS) is 14.3. The van der Waals surface area contributed by atoms with Crippen LogP contribution in [0.1, 0.15) is 36.0 Å². The zero-order valence-corrected chi connectivity index (χ0v) is 17.3. The number of benzene rings is 1. The molecule has 1 N–H and O–H groups in total. The van der Waals surface area contributed by atoms with Crippen molar-refractivity contribution < 1.29 is 14.3 Å². The number of carbonyl (C=O) groups is 2. The highest BCUT2D eigenvalue weighted by Gasteiger charge is 2.19. The molecule has 1 fully saturated rings. The average Bonchev–Trinajstić information content (AvgIpc) is 2.95. The Hall–Kier alpha value is -3.69. The number of anilines is 2. The summed E-state index contributed by atoms with van der Waals surface area (Å²) in [6, 6.07) is 6.39. The molecule has 1 saturated heterocycles. The van der Waals surface area contributed by atoms with Crippen molar-refractivity contribution in [2.45, 2.75) is 32.2 Å². The minimum Gasteiger partial charge on any atom is -0.465 e. The van der Waals surface area contributed by atoms with Crippen molar-refractivity contribution in [1.82, 2.24) is 19.2 Å². The maximum absolute atomic E-state index is 12.8. The van der Waals surface area contributed by atoms with Crippen LogP contribution in [-0.4, -0.2) is 51.2 Å². The van der Waals surface area contributed by atoms with Crippen molar-refractivity contribution in [2.24, 2.45) is 0 Å². The van der Waals surface area contributed by atoms with Gasteiger partial charge in [-0.1, -0.05) is 18.9 Å². The van der Waals surface area contributed by atoms with Crippen LogP contribution in [0.2, 0.25) is 0 Å². The van der Waals surface area contributed by atoms with Crippen molar-refractivity contribution in [2.75, 3.05) is 30.4 Å². The third-order valence-corrected chi connectivity index (χ3v) is 5.25. The average molecular weight is 424 g/mol. The number of rotatable bonds is 5. The van der Waals surface area contributed by atoms with E-state index in [0.29, 0.717) is 22.7 Å². The van der Waals surface area contributed by atoms with Gasteiger partial charge in [0.15, 0.2) is 5.82 Å². The predicted octanol–water partition coefficient (Wildman–Crippen LogP) is 1.70. The minimum absolute atomic E-state index is 0.262. The summed E-state index contributed by atoms with van der Waals surface area (Å²) in [4.78, 5) is 43.6. The van der Waals surface area contributed by atoms with Crippen molar-refractivity contribution >= 4 is 29.0 Å². The van der Waals surface area contributed by atoms with Crippen LogP contribution in [0.25, 0.3) is 5.65 Å². The van der Waals surface area contributed by atoms with Crippen LogP contribution in [0.3, 0.4) is 0 Å². The molecule has 1 aliphatic heterocycles. The second kappa shape index (κ2) is 8.99. The lowest BCUT2D eigenvalue weighted by Gasteiger charge is -2.20. The number of nitrogens with zero attached hydrogens (tertiary/aromatic N) is 5. The van der Waals surface area contributed by atoms with Crippen LogP contribution in [0.15, 0.2) is 41.5 Å². The quantitative estimate of drug-likeness (QED) is 0.621. The Morgan fingerprint density at radius 1 is 1.16 bits per heavy atom. The van der Waals surface area contributed by atoms with Gasteiger partial charge in [-0.25, -0.2) is 23.7 Å². The number of carbonyl (C=O) groups excluding carboxylic acids is 2. The van der Waals surface area contributed by atoms with Gasteiger partial charge in [-0.15, -0.1) is 5.10 Å². The van der Waals surface area contributed by atoms with E-state index in [2.05, 4.69) is 20.3 Å². The molecule has 0 spiro atoms. The fourth-order valence-corrected chi connectivity index (χ4v) is 3.72. The van der Waals surface area contributed by atoms with Gasteiger partial charge in [0.1, 0.15) is 6.54 Å². The first-order valence-corrected chi connectivity index (χ1v) is 10.2. The molecular formula is C21H24N6O4. The Morgan fingerprint density at radius 3 is 2.68 bits per heavy atom. The Kier molecular flexibility index (Phi) is 5.96. The van der Waals surface area contributed by atoms with Crippen molar-refractivity contribution in [3.05, 3.63) is 52.7 Å². The second-order valence-electron chi connectivity index (χ2n) is 7.41. The number of methoxy groups -OCH3 is 1. The van der Waals surface area contributed by atoms with Gasteiger partial charge >= 0.3 is 11.7 Å². The van der Waals surface area contributed by atoms with E-state index in [-0.39, 0.29) is 6.54 Å². The third-order valence-electron chi connectivity index (χ3n) is 5.25. The summed E-state index contributed by atoms with van der Waals surface area (Å²) in [5, 5.41) is 7.07. The van der Waals surface area contributed by atoms with E-state index >= 15 is 0 Å². The summed E-state index contributed by atoms with van der Waals surface area (Å²) < 4.78 is 7.23. The van der Waals surface area contributed by atoms with Gasteiger partial charge in [-0.3, -0.25) is 4.79 Å². The van der Waals surface area contributed by atoms with Crippen molar-refractivity contribution in [3.8, 4) is 0 Å². The highest BCUT2D eigenvalue weighted by molar-refractivity contribution is 5.94. The first-order valence-electron chi connectivity index (χ1n) is 10.2. The van der Waals surface area contributed by atoms with Crippen LogP contribution >= 0.6 is 0 Å². The van der Waals surface area contributed by atoms with Gasteiger partial charge in [0.2, 0.25) is 11.6 Å². The predicted molar refractivity (Wildman–Crippen MR) is 114 cm³/mol. The number of nitrogens with one attached hydrogen (secondary N) is 1. The molecule has 3 heterocycles. The molecule has 3 aromatic rings. The Bertz CT molecular complexity index is 1160. The SMILES string of the molecule is COC(=O)c1cccc(NC(=O)Cn2nc3c(N4CCCCCC4)nccn3c2=O)c1. The summed E-state index contributed by atoms with van der Waals surface area (Å²) >= 11 is 0. The first-order chi connectivity index (χ1) is 15.1. The Labute approximate surface area is 178 Å². The number of hydrogen-bond acceptors (Lipinski definition) is 7. The summed E-state index contributed by atoms with van der Waals surface area (Å²) in [6.07, 6.45) is 7.64. The molecule has 0 unspecified atom stereocenters. The van der Waals surface area contributed by atoms with E-state index in [1.54, 1.807) is 30.6 Å². The molecule has 0 saturated carbocycles. The number of esters is 1. The monoisotopic (exact) mass is 424 g/mol. The van der Waals surface area contributed by atoms with Crippen LogP contribution in [-0.2, 0) is 16.1 Å². The smallest absolute Gasteiger partial charge is 0.350 e. The summed E-state index contributed by atoms with van der Waals surface area (Å²) in [5.74, 6) is -0.274. The molecule has 10 nitrogen and oxygen atoms in total. The lowest BCUT2D eigenvalue weighted by Crippen LogP contribution is -2.28. The number of hydrogen-bond donors (Lipinski definition) is 1. The van der Waals surface area contributed by atoms with E-state index in [9.17, 15) is 14.4 Å². The highest BCUT2D eigenvalue weighted by Crippen LogP contribution is 2.20. The van der Waals surface area contributed by atoms with Crippen LogP contribution in [0, 0.1) is 0 Å². The molecule has 1 amide bonds. The molecule has 162 valence electrons. The molecule has 1 aliphatic rings. The number of fused-ring (bicyclic) bond motifs is 1. The van der Waals surface area contributed by atoms with Gasteiger partial charge in [0.25, 0.3) is 0 Å². The van der Waals surface area contributed by atoms with Gasteiger partial charge in [-0.05, 0) is 31.0 Å². The van der Waals surface area contributed by atoms with E-state index in [4.69, 9.17) is 4.74 Å². The minimum atomic E-state index is -0.499. The van der Waals surface area contributed by atoms with Gasteiger partial charge in [-0.2, -0.15) is 0 Å². The van der Waals surface area contributed by atoms with Gasteiger partial charge < -0.3 is 15.0 Å². The summed E-state index contributed by atoms with van der Waals surface area (Å²) in [6.45, 7) is 1.47. The third kappa shape index (κ3) is 4.42. The molecule has 2 aromatic heterocycles. The maximum atomic E-state index is 12.8. The van der Waals surface area contributed by atoms with E-state index in [1.165, 1.54) is 30.4 Å². The van der Waals surface area contributed by atoms with E-state index in [0.717, 1.165) is 30.6 Å². The number of aromatic nitrogens is 4. The standard InChI is InChI=1S/C21H24N6O4/c1-31-20(29)15-7-6-8-16(13-15)23-17(28)14-27-21(30)26-12-9-22-18(19(26)24-27)25-10-4-2-3-5-11-25/h6-9,12-13H,2-5,10-11,14H2,1H3,(H,23,28). The topological polar surface area (TPSA) is 111 Å². The van der Waals surface area contributed by atoms with E-state index in [1.807, 2.05) is 0 Å². The number of ether oxygens (including phenoxy) is 1. The lowest BCUT2D eigenvalue weighted by molar-refractivity contribution is -0.117. The lowest BCUT2D eigenvalue weighted by atomic mass is 10.2. The largest absolute Gasteiger partial charge is 0.465 e. The molecule has 0 aliphatic carbocycles. The summed E-state index contributed by atoms with van der Waals surface area (Å²) in [7, 11) is 1.29. The molecule has 1 aromatic carbocycles. The van der Waals surface area contributed by atoms with Gasteiger partial charge in [0, 0.05) is 31.2 Å². The zero-order chi connectivity index (χ0) is 21.8. The van der Waals surface area contributed by atoms with Crippen LogP contribution < -0.4 is 15.9 Å². The Balaban J connectivity index is 1.55. The molecule has 0 radical (unpaired) electrons. The Morgan fingerprint density at radius 2 is 1.94 bits per heavy atom. The molecule has 10 heteroatoms. The van der Waals surface area contributed by atoms with Crippen molar-refractivity contribution in [3.63, 3.8) is 0 Å². The number of amides is 1. The van der Waals surface area contributed by atoms with Crippen LogP contribution in [0.4, 0.5) is 11.5 Å². The summed E-state index contributed by atoms with van der Waals surface area (Å²) in [5.41, 5.74) is 0.775. The highest BCUT2D eigenvalue weighted by atomic mass is 16.5. The fraction of sp³-hybridized carbons (Fsp3) is 0.381. The molecule has 0 atom stereocenters. The van der Waals surface area contributed by atoms with E-state index < -0.39 is 17.6 Å². The molecular weight excluding hydrogens is 400 g/mol. The molecule has 31 heavy (non-hydrogen) atoms. The zero-order valence-electron chi connectivity index (χ0n) is 17.3. The fourth-order valence-electron chi connectivity index (χ4n) is 3.72. The molecule has 0 bridgehead atoms. The van der Waals surface area contributed by atoms with Crippen LogP contribution in [0.5, 0.6) is 0 Å². The second-order valence-corrected chi connectivity index (χ2v) is 7.41. The first kappa shape index (κ1) is 20.6. The van der Waals surface area contributed by atoms with Crippen molar-refractivity contribution in [1.29, 1.82) is 0 Å².